The molecule has 1 aromatic rings. The Morgan fingerprint density at radius 2 is 2.33 bits per heavy atom. The summed E-state index contributed by atoms with van der Waals surface area (Å²) < 4.78 is 0. The van der Waals surface area contributed by atoms with E-state index >= 15 is 0 Å². The molecule has 98 valence electrons. The van der Waals surface area contributed by atoms with Crippen molar-refractivity contribution in [1.82, 2.24) is 0 Å². The minimum atomic E-state index is -0.987. The fraction of sp³-hybridized carbons (Fsp3) is 0.417. The van der Waals surface area contributed by atoms with Crippen LogP contribution in [0.4, 0.5) is 11.4 Å². The topological polar surface area (TPSA) is 75.3 Å². The maximum Gasteiger partial charge on any atom is 0.337 e. The van der Waals surface area contributed by atoms with Crippen molar-refractivity contribution < 1.29 is 9.90 Å². The van der Waals surface area contributed by atoms with Crippen LogP contribution in [0.15, 0.2) is 18.2 Å². The molecule has 0 saturated carbocycles. The van der Waals surface area contributed by atoms with Crippen molar-refractivity contribution in [2.75, 3.05) is 34.9 Å². The highest BCUT2D eigenvalue weighted by Crippen LogP contribution is 2.25. The molecule has 1 atom stereocenters. The number of rotatable bonds is 4. The highest BCUT2D eigenvalue weighted by molar-refractivity contribution is 8.06. The van der Waals surface area contributed by atoms with Gasteiger partial charge in [-0.3, -0.25) is 0 Å². The van der Waals surface area contributed by atoms with Crippen LogP contribution in [0.25, 0.3) is 0 Å². The van der Waals surface area contributed by atoms with Crippen molar-refractivity contribution >= 4 is 40.9 Å². The smallest absolute Gasteiger partial charge is 0.337 e. The van der Waals surface area contributed by atoms with Crippen LogP contribution < -0.4 is 11.1 Å². The molecule has 0 aliphatic carbocycles. The van der Waals surface area contributed by atoms with Gasteiger partial charge in [-0.15, -0.1) is 0 Å². The molecule has 0 bridgehead atoms. The largest absolute Gasteiger partial charge is 0.478 e. The lowest BCUT2D eigenvalue weighted by Crippen LogP contribution is -2.23. The number of hydrogen-bond donors (Lipinski definition) is 3. The molecule has 18 heavy (non-hydrogen) atoms. The normalized spacial score (nSPS) is 19.4. The summed E-state index contributed by atoms with van der Waals surface area (Å²) in [5, 5.41) is 12.9. The number of thioether (sulfide) groups is 2. The van der Waals surface area contributed by atoms with Crippen molar-refractivity contribution in [1.29, 1.82) is 0 Å². The first kappa shape index (κ1) is 13.4. The molecule has 1 saturated heterocycles. The molecule has 1 aliphatic rings. The molecule has 0 aromatic heterocycles. The van der Waals surface area contributed by atoms with Crippen molar-refractivity contribution in [3.05, 3.63) is 23.8 Å². The van der Waals surface area contributed by atoms with Gasteiger partial charge < -0.3 is 16.2 Å². The highest BCUT2D eigenvalue weighted by atomic mass is 32.2. The Balaban J connectivity index is 1.96. The molecule has 0 spiro atoms. The summed E-state index contributed by atoms with van der Waals surface area (Å²) in [6.45, 7) is 0.862. The second-order valence-corrected chi connectivity index (χ2v) is 6.61. The highest BCUT2D eigenvalue weighted by Gasteiger charge is 2.14. The minimum Gasteiger partial charge on any atom is -0.478 e. The number of carboxylic acid groups (broad SMARTS) is 1. The number of nitrogen functional groups attached to an aromatic ring is 1. The summed E-state index contributed by atoms with van der Waals surface area (Å²) in [5.41, 5.74) is 6.89. The molecular formula is C12H16N2O2S2. The molecule has 1 heterocycles. The molecule has 6 heteroatoms. The Hall–Kier alpha value is -1.01. The maximum atomic E-state index is 11.0. The number of carboxylic acids is 1. The first-order chi connectivity index (χ1) is 8.66. The average molecular weight is 284 g/mol. The molecular weight excluding hydrogens is 268 g/mol. The van der Waals surface area contributed by atoms with E-state index in [4.69, 9.17) is 10.8 Å². The van der Waals surface area contributed by atoms with E-state index in [2.05, 4.69) is 5.32 Å². The van der Waals surface area contributed by atoms with Crippen LogP contribution in [0.1, 0.15) is 10.4 Å². The molecule has 0 radical (unpaired) electrons. The van der Waals surface area contributed by atoms with E-state index in [-0.39, 0.29) is 5.56 Å². The molecule has 0 amide bonds. The fourth-order valence-electron chi connectivity index (χ4n) is 1.74. The zero-order valence-corrected chi connectivity index (χ0v) is 11.5. The van der Waals surface area contributed by atoms with Gasteiger partial charge in [-0.05, 0) is 18.2 Å². The fourth-order valence-corrected chi connectivity index (χ4v) is 4.35. The Labute approximate surface area is 115 Å². The molecule has 1 unspecified atom stereocenters. The van der Waals surface area contributed by atoms with E-state index in [1.807, 2.05) is 29.6 Å². The van der Waals surface area contributed by atoms with Gasteiger partial charge >= 0.3 is 5.97 Å². The predicted molar refractivity (Wildman–Crippen MR) is 79.9 cm³/mol. The van der Waals surface area contributed by atoms with Crippen molar-refractivity contribution in [2.24, 2.45) is 0 Å². The second kappa shape index (κ2) is 6.24. The standard InChI is InChI=1S/C12H16N2O2S2/c13-11-2-1-8(5-10(11)12(15)16)14-6-9-7-17-3-4-18-9/h1-2,5,9,14H,3-4,6-7,13H2,(H,15,16). The predicted octanol–water partition coefficient (Wildman–Crippen LogP) is 2.23. The number of anilines is 2. The Kier molecular flexibility index (Phi) is 4.66. The third-order valence-electron chi connectivity index (χ3n) is 2.70. The lowest BCUT2D eigenvalue weighted by atomic mass is 10.1. The molecule has 4 nitrogen and oxygen atoms in total. The summed E-state index contributed by atoms with van der Waals surface area (Å²) in [7, 11) is 0. The van der Waals surface area contributed by atoms with E-state index < -0.39 is 5.97 Å². The number of nitrogens with one attached hydrogen (secondary N) is 1. The lowest BCUT2D eigenvalue weighted by Gasteiger charge is -2.21. The van der Waals surface area contributed by atoms with Gasteiger partial charge in [0, 0.05) is 40.4 Å². The van der Waals surface area contributed by atoms with Gasteiger partial charge in [0.2, 0.25) is 0 Å². The summed E-state index contributed by atoms with van der Waals surface area (Å²) in [4.78, 5) is 11.0. The van der Waals surface area contributed by atoms with Crippen LogP contribution in [-0.4, -0.2) is 40.1 Å². The monoisotopic (exact) mass is 284 g/mol. The SMILES string of the molecule is Nc1ccc(NCC2CSCCS2)cc1C(=O)O. The van der Waals surface area contributed by atoms with Gasteiger partial charge in [-0.2, -0.15) is 23.5 Å². The van der Waals surface area contributed by atoms with Crippen LogP contribution in [-0.2, 0) is 0 Å². The quantitative estimate of drug-likeness (QED) is 0.736. The summed E-state index contributed by atoms with van der Waals surface area (Å²) in [6.07, 6.45) is 0. The zero-order valence-electron chi connectivity index (χ0n) is 9.89. The van der Waals surface area contributed by atoms with Gasteiger partial charge in [-0.25, -0.2) is 4.79 Å². The zero-order chi connectivity index (χ0) is 13.0. The number of benzene rings is 1. The van der Waals surface area contributed by atoms with E-state index in [0.717, 1.165) is 18.0 Å². The molecule has 1 fully saturated rings. The van der Waals surface area contributed by atoms with Crippen molar-refractivity contribution in [2.45, 2.75) is 5.25 Å². The van der Waals surface area contributed by atoms with Crippen molar-refractivity contribution in [3.63, 3.8) is 0 Å². The van der Waals surface area contributed by atoms with E-state index in [1.165, 1.54) is 11.5 Å². The molecule has 2 rings (SSSR count). The first-order valence-electron chi connectivity index (χ1n) is 5.73. The Morgan fingerprint density at radius 1 is 1.50 bits per heavy atom. The number of aromatic carboxylic acids is 1. The third-order valence-corrected chi connectivity index (χ3v) is 5.55. The Morgan fingerprint density at radius 3 is 3.00 bits per heavy atom. The summed E-state index contributed by atoms with van der Waals surface area (Å²) >= 11 is 3.95. The van der Waals surface area contributed by atoms with Crippen LogP contribution in [0, 0.1) is 0 Å². The van der Waals surface area contributed by atoms with Gasteiger partial charge in [0.15, 0.2) is 0 Å². The number of hydrogen-bond acceptors (Lipinski definition) is 5. The van der Waals surface area contributed by atoms with E-state index in [9.17, 15) is 4.79 Å². The van der Waals surface area contributed by atoms with E-state index in [1.54, 1.807) is 12.1 Å². The van der Waals surface area contributed by atoms with Gasteiger partial charge in [-0.1, -0.05) is 0 Å². The Bertz CT molecular complexity index is 434. The van der Waals surface area contributed by atoms with Gasteiger partial charge in [0.1, 0.15) is 0 Å². The molecule has 4 N–H and O–H groups in total. The van der Waals surface area contributed by atoms with Gasteiger partial charge in [0.25, 0.3) is 0 Å². The number of nitrogens with two attached hydrogens (primary N) is 1. The van der Waals surface area contributed by atoms with Gasteiger partial charge in [0.05, 0.1) is 5.56 Å². The van der Waals surface area contributed by atoms with Crippen LogP contribution >= 0.6 is 23.5 Å². The average Bonchev–Trinajstić information content (AvgIpc) is 2.38. The minimum absolute atomic E-state index is 0.158. The second-order valence-electron chi connectivity index (χ2n) is 4.06. The first-order valence-corrected chi connectivity index (χ1v) is 7.93. The van der Waals surface area contributed by atoms with Crippen LogP contribution in [0.5, 0.6) is 0 Å². The third kappa shape index (κ3) is 3.49. The lowest BCUT2D eigenvalue weighted by molar-refractivity contribution is 0.0698. The molecule has 1 aliphatic heterocycles. The summed E-state index contributed by atoms with van der Waals surface area (Å²) in [5.74, 6) is 2.59. The van der Waals surface area contributed by atoms with Crippen molar-refractivity contribution in [3.8, 4) is 0 Å². The molecule has 1 aromatic carbocycles. The van der Waals surface area contributed by atoms with Crippen LogP contribution in [0.3, 0.4) is 0 Å². The number of carbonyl (C=O) groups is 1. The van der Waals surface area contributed by atoms with E-state index in [0.29, 0.717) is 10.9 Å². The maximum absolute atomic E-state index is 11.0. The summed E-state index contributed by atoms with van der Waals surface area (Å²) in [6, 6.07) is 5.05. The van der Waals surface area contributed by atoms with Crippen LogP contribution in [0.2, 0.25) is 0 Å².